The average molecular weight is 805 g/mol. The lowest BCUT2D eigenvalue weighted by Gasteiger charge is -2.47. The molecule has 3 aliphatic heterocycles. The Labute approximate surface area is 335 Å². The van der Waals surface area contributed by atoms with Gasteiger partial charge in [0.15, 0.2) is 12.6 Å². The number of carbonyl (C=O) groups excluding carboxylic acids is 2. The first-order valence-corrected chi connectivity index (χ1v) is 20.6. The Morgan fingerprint density at radius 2 is 1.61 bits per heavy atom. The molecule has 0 radical (unpaired) electrons. The molecule has 56 heavy (non-hydrogen) atoms. The maximum absolute atomic E-state index is 14.2. The standard InChI is InChI=1S/C41H76N2O13/c1-15-30-41(11,49)36(45)26(7)35(51-21-32(44)42-12)23(4)19-39(9,48)31(55-33-17-28(16-24(5)52-33)43(13)22(2)3)18-29(25(6)38(47)56-30)54-34-20-40(10,50-14)37(46)27(8)53-34/h22-31,33-37,45-46,48-49H,15-21H2,1-14H3,(H,42,44)/t23-,24-,25-,26+,27+,28+,29+,30-,31-,33+,34+,35+,36-,37+,39-,40-,41-/m1/s1. The summed E-state index contributed by atoms with van der Waals surface area (Å²) in [5.74, 6) is -3.34. The van der Waals surface area contributed by atoms with Crippen molar-refractivity contribution >= 4 is 11.9 Å². The summed E-state index contributed by atoms with van der Waals surface area (Å²) in [5.41, 5.74) is -4.57. The van der Waals surface area contributed by atoms with Crippen LogP contribution in [0.15, 0.2) is 0 Å². The topological polar surface area (TPSA) is 195 Å². The van der Waals surface area contributed by atoms with Crippen LogP contribution in [-0.2, 0) is 42.7 Å². The van der Waals surface area contributed by atoms with Crippen LogP contribution in [0.3, 0.4) is 0 Å². The molecule has 0 spiro atoms. The fraction of sp³-hybridized carbons (Fsp3) is 0.951. The molecule has 0 saturated carbocycles. The van der Waals surface area contributed by atoms with Crippen molar-refractivity contribution in [3.8, 4) is 0 Å². The molecule has 0 unspecified atom stereocenters. The molecule has 328 valence electrons. The molecule has 0 aromatic rings. The number of hydrogen-bond acceptors (Lipinski definition) is 14. The van der Waals surface area contributed by atoms with E-state index >= 15 is 0 Å². The van der Waals surface area contributed by atoms with Crippen LogP contribution in [0.1, 0.15) is 115 Å². The minimum absolute atomic E-state index is 0.00939. The van der Waals surface area contributed by atoms with Gasteiger partial charge in [0.25, 0.3) is 0 Å². The molecule has 0 bridgehead atoms. The summed E-state index contributed by atoms with van der Waals surface area (Å²) < 4.78 is 43.9. The second kappa shape index (κ2) is 20.2. The Morgan fingerprint density at radius 1 is 0.964 bits per heavy atom. The largest absolute Gasteiger partial charge is 0.459 e. The molecule has 15 heteroatoms. The zero-order valence-electron chi connectivity index (χ0n) is 36.5. The van der Waals surface area contributed by atoms with E-state index in [0.717, 1.165) is 6.42 Å². The van der Waals surface area contributed by atoms with Crippen molar-refractivity contribution in [2.45, 2.75) is 205 Å². The lowest BCUT2D eigenvalue weighted by molar-refractivity contribution is -0.300. The highest BCUT2D eigenvalue weighted by atomic mass is 16.7. The van der Waals surface area contributed by atoms with Gasteiger partial charge in [-0.3, -0.25) is 9.59 Å². The van der Waals surface area contributed by atoms with Crippen LogP contribution in [0.5, 0.6) is 0 Å². The fourth-order valence-electron chi connectivity index (χ4n) is 8.83. The van der Waals surface area contributed by atoms with Gasteiger partial charge in [-0.15, -0.1) is 0 Å². The molecule has 3 aliphatic rings. The maximum Gasteiger partial charge on any atom is 0.311 e. The number of rotatable bonds is 11. The molecule has 0 aromatic heterocycles. The van der Waals surface area contributed by atoms with Gasteiger partial charge in [-0.1, -0.05) is 20.8 Å². The molecule has 1 amide bonds. The van der Waals surface area contributed by atoms with Gasteiger partial charge < -0.3 is 63.8 Å². The summed E-state index contributed by atoms with van der Waals surface area (Å²) in [6.45, 7) is 19.5. The Balaban J connectivity index is 2.16. The van der Waals surface area contributed by atoms with E-state index in [1.54, 1.807) is 41.5 Å². The monoisotopic (exact) mass is 805 g/mol. The molecule has 3 fully saturated rings. The van der Waals surface area contributed by atoms with E-state index in [1.165, 1.54) is 21.1 Å². The number of ether oxygens (including phenoxy) is 7. The minimum atomic E-state index is -1.93. The number of nitrogens with one attached hydrogen (secondary N) is 1. The van der Waals surface area contributed by atoms with E-state index in [-0.39, 0.29) is 56.4 Å². The van der Waals surface area contributed by atoms with E-state index in [4.69, 9.17) is 33.2 Å². The number of amides is 1. The lowest BCUT2D eigenvalue weighted by atomic mass is 9.75. The first kappa shape index (κ1) is 48.9. The van der Waals surface area contributed by atoms with Crippen LogP contribution in [0.2, 0.25) is 0 Å². The van der Waals surface area contributed by atoms with E-state index < -0.39 is 95.8 Å². The molecule has 3 heterocycles. The molecule has 3 saturated heterocycles. The second-order valence-electron chi connectivity index (χ2n) is 17.9. The summed E-state index contributed by atoms with van der Waals surface area (Å²) in [4.78, 5) is 28.9. The van der Waals surface area contributed by atoms with Crippen molar-refractivity contribution in [2.24, 2.45) is 17.8 Å². The third-order valence-electron chi connectivity index (χ3n) is 12.9. The van der Waals surface area contributed by atoms with Crippen molar-refractivity contribution in [3.63, 3.8) is 0 Å². The number of hydrogen-bond donors (Lipinski definition) is 5. The molecule has 0 aromatic carbocycles. The van der Waals surface area contributed by atoms with Crippen LogP contribution < -0.4 is 5.32 Å². The summed E-state index contributed by atoms with van der Waals surface area (Å²) in [6, 6.07) is 0.422. The van der Waals surface area contributed by atoms with Gasteiger partial charge in [0, 0.05) is 51.4 Å². The second-order valence-corrected chi connectivity index (χ2v) is 17.9. The molecule has 3 rings (SSSR count). The minimum Gasteiger partial charge on any atom is -0.459 e. The van der Waals surface area contributed by atoms with E-state index in [9.17, 15) is 30.0 Å². The highest BCUT2D eigenvalue weighted by Crippen LogP contribution is 2.40. The van der Waals surface area contributed by atoms with Crippen molar-refractivity contribution in [2.75, 3.05) is 27.8 Å². The third-order valence-corrected chi connectivity index (χ3v) is 12.9. The van der Waals surface area contributed by atoms with Crippen LogP contribution in [0.4, 0.5) is 0 Å². The lowest BCUT2D eigenvalue weighted by Crippen LogP contribution is -2.59. The van der Waals surface area contributed by atoms with Crippen LogP contribution in [0, 0.1) is 17.8 Å². The molecule has 0 aliphatic carbocycles. The summed E-state index contributed by atoms with van der Waals surface area (Å²) >= 11 is 0. The first-order chi connectivity index (χ1) is 25.9. The third kappa shape index (κ3) is 11.8. The van der Waals surface area contributed by atoms with Gasteiger partial charge in [-0.05, 0) is 87.6 Å². The summed E-state index contributed by atoms with van der Waals surface area (Å²) in [6.07, 6.45) is -7.08. The van der Waals surface area contributed by atoms with Crippen LogP contribution >= 0.6 is 0 Å². The Hall–Kier alpha value is -1.50. The predicted molar refractivity (Wildman–Crippen MR) is 208 cm³/mol. The molecule has 17 atom stereocenters. The average Bonchev–Trinajstić information content (AvgIpc) is 3.12. The number of likely N-dealkylation sites (N-methyl/N-ethyl adjacent to an activating group) is 1. The maximum atomic E-state index is 14.2. The van der Waals surface area contributed by atoms with Crippen LogP contribution in [-0.4, -0.2) is 155 Å². The van der Waals surface area contributed by atoms with E-state index in [0.29, 0.717) is 6.42 Å². The van der Waals surface area contributed by atoms with Gasteiger partial charge in [0.2, 0.25) is 5.91 Å². The Bertz CT molecular complexity index is 1250. The molecular weight excluding hydrogens is 728 g/mol. The number of cyclic esters (lactones) is 1. The highest BCUT2D eigenvalue weighted by Gasteiger charge is 2.51. The molecule has 5 N–H and O–H groups in total. The van der Waals surface area contributed by atoms with Crippen molar-refractivity contribution in [1.82, 2.24) is 10.2 Å². The summed E-state index contributed by atoms with van der Waals surface area (Å²) in [7, 11) is 5.08. The van der Waals surface area contributed by atoms with Gasteiger partial charge in [0.1, 0.15) is 24.4 Å². The smallest absolute Gasteiger partial charge is 0.311 e. The quantitative estimate of drug-likeness (QED) is 0.191. The number of aliphatic hydroxyl groups is 4. The first-order valence-electron chi connectivity index (χ1n) is 20.6. The summed E-state index contributed by atoms with van der Waals surface area (Å²) in [5, 5.41) is 49.8. The normalized spacial score (nSPS) is 45.0. The number of nitrogens with zero attached hydrogens (tertiary/aromatic N) is 1. The van der Waals surface area contributed by atoms with E-state index in [1.807, 2.05) is 13.8 Å². The van der Waals surface area contributed by atoms with Gasteiger partial charge in [-0.2, -0.15) is 0 Å². The SMILES string of the molecule is CC[C@H]1OC(=O)[C@H](C)[C@@H](O[C@H]2C[C@@](C)(OC)[C@@H](O)[C@H](C)O2)C[C@@H](O[C@H]2C[C@@H](N(C)C(C)C)C[C@@H](C)O2)[C@](C)(O)C[C@@H](C)[C@H](OCC(=O)NC)[C@H](C)[C@@H](O)[C@]1(C)O. The van der Waals surface area contributed by atoms with Gasteiger partial charge in [-0.25, -0.2) is 0 Å². The zero-order chi connectivity index (χ0) is 42.5. The predicted octanol–water partition coefficient (Wildman–Crippen LogP) is 2.91. The van der Waals surface area contributed by atoms with E-state index in [2.05, 4.69) is 31.1 Å². The fourth-order valence-corrected chi connectivity index (χ4v) is 8.83. The number of aliphatic hydroxyl groups excluding tert-OH is 2. The Morgan fingerprint density at radius 3 is 2.18 bits per heavy atom. The molecule has 15 nitrogen and oxygen atoms in total. The molecular formula is C41H76N2O13. The van der Waals surface area contributed by atoms with Crippen molar-refractivity contribution < 1.29 is 63.2 Å². The van der Waals surface area contributed by atoms with Crippen molar-refractivity contribution in [3.05, 3.63) is 0 Å². The zero-order valence-corrected chi connectivity index (χ0v) is 36.5. The van der Waals surface area contributed by atoms with Gasteiger partial charge in [0.05, 0.1) is 53.7 Å². The Kier molecular flexibility index (Phi) is 17.6. The number of methoxy groups -OCH3 is 1. The van der Waals surface area contributed by atoms with Crippen LogP contribution in [0.25, 0.3) is 0 Å². The number of carbonyl (C=O) groups is 2. The van der Waals surface area contributed by atoms with Crippen molar-refractivity contribution in [1.29, 1.82) is 0 Å². The van der Waals surface area contributed by atoms with Gasteiger partial charge >= 0.3 is 5.97 Å². The number of esters is 1. The highest BCUT2D eigenvalue weighted by molar-refractivity contribution is 5.76.